The highest BCUT2D eigenvalue weighted by Gasteiger charge is 2.16. The summed E-state index contributed by atoms with van der Waals surface area (Å²) in [5.74, 6) is -0.293. The predicted molar refractivity (Wildman–Crippen MR) is 115 cm³/mol. The Labute approximate surface area is 168 Å². The van der Waals surface area contributed by atoms with E-state index in [1.807, 2.05) is 6.92 Å². The molecule has 0 heterocycles. The second kappa shape index (κ2) is 20.1. The van der Waals surface area contributed by atoms with Crippen LogP contribution in [0.4, 0.5) is 0 Å². The van der Waals surface area contributed by atoms with Crippen molar-refractivity contribution in [2.75, 3.05) is 13.2 Å². The van der Waals surface area contributed by atoms with Gasteiger partial charge < -0.3 is 15.6 Å². The van der Waals surface area contributed by atoms with Crippen LogP contribution in [-0.4, -0.2) is 30.3 Å². The average Bonchev–Trinajstić information content (AvgIpc) is 2.68. The molecule has 0 saturated carbocycles. The summed E-state index contributed by atoms with van der Waals surface area (Å²) >= 11 is 0. The first-order chi connectivity index (χ1) is 13.2. The molecular formula is C23H47NO3. The number of carbonyl (C=O) groups is 1. The van der Waals surface area contributed by atoms with Gasteiger partial charge >= 0.3 is 5.97 Å². The molecule has 0 aliphatic heterocycles. The lowest BCUT2D eigenvalue weighted by Crippen LogP contribution is -2.33. The number of hydrogen-bond donors (Lipinski definition) is 2. The van der Waals surface area contributed by atoms with Gasteiger partial charge in [-0.25, -0.2) is 0 Å². The molecule has 162 valence electrons. The van der Waals surface area contributed by atoms with Crippen LogP contribution in [0.3, 0.4) is 0 Å². The number of esters is 1. The van der Waals surface area contributed by atoms with E-state index in [9.17, 15) is 4.79 Å². The van der Waals surface area contributed by atoms with E-state index < -0.39 is 6.04 Å². The fourth-order valence-corrected chi connectivity index (χ4v) is 3.28. The van der Waals surface area contributed by atoms with Crippen LogP contribution in [0.25, 0.3) is 0 Å². The van der Waals surface area contributed by atoms with Crippen molar-refractivity contribution < 1.29 is 14.6 Å². The van der Waals surface area contributed by atoms with Crippen LogP contribution in [0.5, 0.6) is 0 Å². The molecule has 0 rings (SSSR count). The number of rotatable bonds is 20. The van der Waals surface area contributed by atoms with Crippen molar-refractivity contribution in [1.29, 1.82) is 0 Å². The lowest BCUT2D eigenvalue weighted by Gasteiger charge is -2.15. The van der Waals surface area contributed by atoms with Gasteiger partial charge in [-0.1, -0.05) is 104 Å². The highest BCUT2D eigenvalue weighted by atomic mass is 16.5. The van der Waals surface area contributed by atoms with E-state index >= 15 is 0 Å². The van der Waals surface area contributed by atoms with Crippen LogP contribution < -0.4 is 5.73 Å². The molecule has 2 atom stereocenters. The molecule has 0 aromatic heterocycles. The third-order valence-corrected chi connectivity index (χ3v) is 5.47. The molecule has 3 N–H and O–H groups in total. The quantitative estimate of drug-likeness (QED) is 0.207. The number of aliphatic hydroxyl groups excluding tert-OH is 1. The van der Waals surface area contributed by atoms with Crippen LogP contribution in [0.2, 0.25) is 0 Å². The first-order valence-electron chi connectivity index (χ1n) is 11.7. The lowest BCUT2D eigenvalue weighted by molar-refractivity contribution is -0.147. The summed E-state index contributed by atoms with van der Waals surface area (Å²) in [7, 11) is 0. The highest BCUT2D eigenvalue weighted by Crippen LogP contribution is 2.14. The summed E-state index contributed by atoms with van der Waals surface area (Å²) in [5.41, 5.74) is 5.90. The Hall–Kier alpha value is -0.610. The summed E-state index contributed by atoms with van der Waals surface area (Å²) in [4.78, 5) is 11.8. The van der Waals surface area contributed by atoms with E-state index in [1.165, 1.54) is 77.0 Å². The molecule has 0 aliphatic carbocycles. The van der Waals surface area contributed by atoms with Gasteiger partial charge in [0, 0.05) is 12.5 Å². The second-order valence-corrected chi connectivity index (χ2v) is 8.08. The van der Waals surface area contributed by atoms with E-state index in [0.29, 0.717) is 6.42 Å². The molecule has 2 unspecified atom stereocenters. The predicted octanol–water partition coefficient (Wildman–Crippen LogP) is 5.75. The molecule has 27 heavy (non-hydrogen) atoms. The zero-order chi connectivity index (χ0) is 20.2. The van der Waals surface area contributed by atoms with Crippen molar-refractivity contribution in [2.24, 2.45) is 11.7 Å². The minimum absolute atomic E-state index is 0.0298. The summed E-state index contributed by atoms with van der Waals surface area (Å²) in [6, 6.07) is -0.515. The van der Waals surface area contributed by atoms with Crippen molar-refractivity contribution in [1.82, 2.24) is 0 Å². The Bertz CT molecular complexity index is 319. The van der Waals surface area contributed by atoms with Crippen LogP contribution in [0.1, 0.15) is 117 Å². The number of carbonyl (C=O) groups excluding carboxylic acids is 1. The molecule has 0 amide bonds. The van der Waals surface area contributed by atoms with E-state index in [1.54, 1.807) is 0 Å². The van der Waals surface area contributed by atoms with Crippen LogP contribution in [0, 0.1) is 5.92 Å². The van der Waals surface area contributed by atoms with Gasteiger partial charge in [0.2, 0.25) is 0 Å². The van der Waals surface area contributed by atoms with Gasteiger partial charge in [0.15, 0.2) is 0 Å². The standard InChI is InChI=1S/C23H47NO3/c1-3-5-6-7-8-9-10-11-12-13-14-15-16-17-18-22(24)23(26)27-20-21(4-2)19-25/h21-22,25H,3-20,24H2,1-2H3. The first-order valence-corrected chi connectivity index (χ1v) is 11.7. The molecule has 0 aliphatic rings. The zero-order valence-corrected chi connectivity index (χ0v) is 18.2. The van der Waals surface area contributed by atoms with Crippen molar-refractivity contribution in [2.45, 2.75) is 123 Å². The maximum atomic E-state index is 11.8. The molecule has 0 fully saturated rings. The molecule has 0 aromatic carbocycles. The van der Waals surface area contributed by atoms with Gasteiger partial charge in [0.1, 0.15) is 6.04 Å². The molecule has 4 heteroatoms. The normalized spacial score (nSPS) is 13.5. The SMILES string of the molecule is CCCCCCCCCCCCCCCCC(N)C(=O)OCC(CC)CO. The van der Waals surface area contributed by atoms with Gasteiger partial charge in [0.05, 0.1) is 6.61 Å². The molecular weight excluding hydrogens is 338 g/mol. The topological polar surface area (TPSA) is 72.6 Å². The van der Waals surface area contributed by atoms with Gasteiger partial charge in [-0.2, -0.15) is 0 Å². The number of unbranched alkanes of at least 4 members (excludes halogenated alkanes) is 13. The van der Waals surface area contributed by atoms with Gasteiger partial charge in [-0.3, -0.25) is 4.79 Å². The van der Waals surface area contributed by atoms with Crippen molar-refractivity contribution in [3.8, 4) is 0 Å². The molecule has 0 radical (unpaired) electrons. The van der Waals surface area contributed by atoms with Crippen LogP contribution >= 0.6 is 0 Å². The van der Waals surface area contributed by atoms with E-state index in [-0.39, 0.29) is 25.1 Å². The third kappa shape index (κ3) is 17.2. The van der Waals surface area contributed by atoms with Crippen molar-refractivity contribution in [3.63, 3.8) is 0 Å². The number of nitrogens with two attached hydrogens (primary N) is 1. The second-order valence-electron chi connectivity index (χ2n) is 8.08. The fraction of sp³-hybridized carbons (Fsp3) is 0.957. The largest absolute Gasteiger partial charge is 0.464 e. The third-order valence-electron chi connectivity index (χ3n) is 5.47. The van der Waals surface area contributed by atoms with E-state index in [4.69, 9.17) is 15.6 Å². The van der Waals surface area contributed by atoms with E-state index in [2.05, 4.69) is 6.92 Å². The number of aliphatic hydroxyl groups is 1. The Morgan fingerprint density at radius 3 is 1.67 bits per heavy atom. The fourth-order valence-electron chi connectivity index (χ4n) is 3.28. The maximum absolute atomic E-state index is 11.8. The summed E-state index contributed by atoms with van der Waals surface area (Å²) in [5, 5.41) is 9.10. The minimum Gasteiger partial charge on any atom is -0.464 e. The summed E-state index contributed by atoms with van der Waals surface area (Å²) in [6.07, 6.45) is 20.1. The van der Waals surface area contributed by atoms with Crippen LogP contribution in [-0.2, 0) is 9.53 Å². The zero-order valence-electron chi connectivity index (χ0n) is 18.2. The molecule has 0 saturated heterocycles. The summed E-state index contributed by atoms with van der Waals surface area (Å²) < 4.78 is 5.19. The molecule has 0 spiro atoms. The molecule has 0 aromatic rings. The van der Waals surface area contributed by atoms with Gasteiger partial charge in [0.25, 0.3) is 0 Å². The summed E-state index contributed by atoms with van der Waals surface area (Å²) in [6.45, 7) is 4.57. The maximum Gasteiger partial charge on any atom is 0.322 e. The van der Waals surface area contributed by atoms with Crippen LogP contribution in [0.15, 0.2) is 0 Å². The number of hydrogen-bond acceptors (Lipinski definition) is 4. The first kappa shape index (κ1) is 26.4. The Balaban J connectivity index is 3.35. The van der Waals surface area contributed by atoms with Crippen molar-refractivity contribution >= 4 is 5.97 Å². The average molecular weight is 386 g/mol. The Morgan fingerprint density at radius 1 is 0.815 bits per heavy atom. The van der Waals surface area contributed by atoms with Crippen molar-refractivity contribution in [3.05, 3.63) is 0 Å². The highest BCUT2D eigenvalue weighted by molar-refractivity contribution is 5.75. The monoisotopic (exact) mass is 385 g/mol. The molecule has 0 bridgehead atoms. The number of ether oxygens (including phenoxy) is 1. The van der Waals surface area contributed by atoms with Gasteiger partial charge in [-0.05, 0) is 12.8 Å². The lowest BCUT2D eigenvalue weighted by atomic mass is 10.0. The molecule has 4 nitrogen and oxygen atoms in total. The van der Waals surface area contributed by atoms with E-state index in [0.717, 1.165) is 19.3 Å². The Kier molecular flexibility index (Phi) is 19.7. The Morgan fingerprint density at radius 2 is 1.26 bits per heavy atom. The smallest absolute Gasteiger partial charge is 0.322 e. The minimum atomic E-state index is -0.515. The van der Waals surface area contributed by atoms with Gasteiger partial charge in [-0.15, -0.1) is 0 Å².